The molecule has 2 fully saturated rings. The summed E-state index contributed by atoms with van der Waals surface area (Å²) < 4.78 is 5.34. The van der Waals surface area contributed by atoms with Crippen molar-refractivity contribution in [1.29, 1.82) is 0 Å². The zero-order valence-electron chi connectivity index (χ0n) is 12.1. The van der Waals surface area contributed by atoms with Crippen LogP contribution >= 0.6 is 0 Å². The van der Waals surface area contributed by atoms with E-state index in [9.17, 15) is 4.79 Å². The lowest BCUT2D eigenvalue weighted by molar-refractivity contribution is -0.124. The number of carbonyl (C=O) groups is 1. The van der Waals surface area contributed by atoms with Crippen LogP contribution in [0.25, 0.3) is 0 Å². The van der Waals surface area contributed by atoms with E-state index in [2.05, 4.69) is 29.6 Å². The first-order valence-electron chi connectivity index (χ1n) is 7.97. The zero-order chi connectivity index (χ0) is 14.4. The lowest BCUT2D eigenvalue weighted by Crippen LogP contribution is -2.48. The van der Waals surface area contributed by atoms with Gasteiger partial charge in [-0.25, -0.2) is 0 Å². The summed E-state index contributed by atoms with van der Waals surface area (Å²) in [5.41, 5.74) is 9.02. The molecule has 4 heteroatoms. The Morgan fingerprint density at radius 2 is 2.05 bits per heavy atom. The number of hydrogen-bond donors (Lipinski definition) is 2. The van der Waals surface area contributed by atoms with Gasteiger partial charge in [-0.15, -0.1) is 0 Å². The Kier molecular flexibility index (Phi) is 3.23. The van der Waals surface area contributed by atoms with E-state index in [4.69, 9.17) is 10.5 Å². The summed E-state index contributed by atoms with van der Waals surface area (Å²) in [5.74, 6) is 1.41. The summed E-state index contributed by atoms with van der Waals surface area (Å²) in [5, 5.41) is 3.19. The first-order valence-corrected chi connectivity index (χ1v) is 7.97. The Morgan fingerprint density at radius 1 is 1.29 bits per heavy atom. The van der Waals surface area contributed by atoms with E-state index in [0.29, 0.717) is 17.9 Å². The van der Waals surface area contributed by atoms with Crippen molar-refractivity contribution in [2.75, 3.05) is 13.2 Å². The monoisotopic (exact) mass is 286 g/mol. The molecule has 1 amide bonds. The van der Waals surface area contributed by atoms with Gasteiger partial charge in [0.2, 0.25) is 5.91 Å². The molecule has 3 N–H and O–H groups in total. The second-order valence-electron chi connectivity index (χ2n) is 6.60. The summed E-state index contributed by atoms with van der Waals surface area (Å²) in [7, 11) is 0. The van der Waals surface area contributed by atoms with Crippen LogP contribution in [0, 0.1) is 11.8 Å². The SMILES string of the molecule is NC(C(=O)NC1C2Cc3ccccc3C21)C1CCOCC1. The number of amides is 1. The first-order chi connectivity index (χ1) is 10.3. The summed E-state index contributed by atoms with van der Waals surface area (Å²) in [6.45, 7) is 1.46. The Hall–Kier alpha value is -1.39. The van der Waals surface area contributed by atoms with E-state index in [1.807, 2.05) is 0 Å². The van der Waals surface area contributed by atoms with Crippen molar-refractivity contribution < 1.29 is 9.53 Å². The molecule has 3 aliphatic rings. The van der Waals surface area contributed by atoms with E-state index in [-0.39, 0.29) is 17.9 Å². The molecule has 1 aliphatic heterocycles. The van der Waals surface area contributed by atoms with E-state index >= 15 is 0 Å². The van der Waals surface area contributed by atoms with Crippen molar-refractivity contribution in [3.05, 3.63) is 35.4 Å². The van der Waals surface area contributed by atoms with Crippen molar-refractivity contribution in [2.45, 2.75) is 37.3 Å². The number of nitrogens with two attached hydrogens (primary N) is 1. The van der Waals surface area contributed by atoms with Gasteiger partial charge in [-0.1, -0.05) is 24.3 Å². The maximum Gasteiger partial charge on any atom is 0.237 e. The van der Waals surface area contributed by atoms with Crippen LogP contribution in [0.15, 0.2) is 24.3 Å². The standard InChI is InChI=1S/C17H22N2O2/c18-15(10-5-7-21-8-6-10)17(20)19-16-13-9-11-3-1-2-4-12(11)14(13)16/h1-4,10,13-16H,5-9,18H2,(H,19,20). The van der Waals surface area contributed by atoms with E-state index in [1.54, 1.807) is 0 Å². The highest BCUT2D eigenvalue weighted by Gasteiger charge is 2.56. The molecular weight excluding hydrogens is 264 g/mol. The van der Waals surface area contributed by atoms with Gasteiger partial charge in [0.25, 0.3) is 0 Å². The third kappa shape index (κ3) is 2.27. The minimum Gasteiger partial charge on any atom is -0.381 e. The lowest BCUT2D eigenvalue weighted by Gasteiger charge is -2.27. The van der Waals surface area contributed by atoms with Gasteiger partial charge in [0.05, 0.1) is 6.04 Å². The molecule has 21 heavy (non-hydrogen) atoms. The normalized spacial score (nSPS) is 32.1. The zero-order valence-corrected chi connectivity index (χ0v) is 12.1. The molecule has 0 aromatic heterocycles. The summed E-state index contributed by atoms with van der Waals surface area (Å²) >= 11 is 0. The largest absolute Gasteiger partial charge is 0.381 e. The summed E-state index contributed by atoms with van der Waals surface area (Å²) in [6, 6.07) is 8.51. The third-order valence-corrected chi connectivity index (χ3v) is 5.42. The van der Waals surface area contributed by atoms with Crippen LogP contribution in [0.3, 0.4) is 0 Å². The summed E-state index contributed by atoms with van der Waals surface area (Å²) in [4.78, 5) is 12.4. The molecule has 4 rings (SSSR count). The molecule has 4 nitrogen and oxygen atoms in total. The van der Waals surface area contributed by atoms with Gasteiger partial charge in [0.1, 0.15) is 0 Å². The lowest BCUT2D eigenvalue weighted by atomic mass is 9.92. The maximum absolute atomic E-state index is 12.4. The average Bonchev–Trinajstić information content (AvgIpc) is 3.04. The van der Waals surface area contributed by atoms with Crippen molar-refractivity contribution in [3.8, 4) is 0 Å². The van der Waals surface area contributed by atoms with E-state index in [1.165, 1.54) is 11.1 Å². The molecule has 4 unspecified atom stereocenters. The molecule has 0 bridgehead atoms. The van der Waals surface area contributed by atoms with Crippen LogP contribution in [0.2, 0.25) is 0 Å². The minimum absolute atomic E-state index is 0.0266. The number of hydrogen-bond acceptors (Lipinski definition) is 3. The van der Waals surface area contributed by atoms with E-state index in [0.717, 1.165) is 32.5 Å². The van der Waals surface area contributed by atoms with Crippen LogP contribution in [0.4, 0.5) is 0 Å². The van der Waals surface area contributed by atoms with Crippen LogP contribution in [-0.2, 0) is 16.0 Å². The van der Waals surface area contributed by atoms with Gasteiger partial charge in [-0.2, -0.15) is 0 Å². The van der Waals surface area contributed by atoms with Crippen molar-refractivity contribution >= 4 is 5.91 Å². The first kappa shape index (κ1) is 13.3. The maximum atomic E-state index is 12.4. The van der Waals surface area contributed by atoms with Crippen LogP contribution in [0.1, 0.15) is 29.9 Å². The molecule has 1 heterocycles. The fourth-order valence-electron chi connectivity index (χ4n) is 4.10. The predicted molar refractivity (Wildman–Crippen MR) is 79.8 cm³/mol. The van der Waals surface area contributed by atoms with Gasteiger partial charge in [0.15, 0.2) is 0 Å². The second-order valence-corrected chi connectivity index (χ2v) is 6.60. The number of ether oxygens (including phenoxy) is 1. The van der Waals surface area contributed by atoms with Gasteiger partial charge < -0.3 is 15.8 Å². The van der Waals surface area contributed by atoms with Gasteiger partial charge >= 0.3 is 0 Å². The smallest absolute Gasteiger partial charge is 0.237 e. The molecule has 1 aromatic carbocycles. The molecule has 0 radical (unpaired) electrons. The molecule has 0 spiro atoms. The predicted octanol–water partition coefficient (Wildman–Crippen LogP) is 1.19. The van der Waals surface area contributed by atoms with Gasteiger partial charge in [-0.05, 0) is 42.2 Å². The Bertz CT molecular complexity index is 553. The minimum atomic E-state index is -0.384. The number of nitrogens with one attached hydrogen (secondary N) is 1. The average molecular weight is 286 g/mol. The number of rotatable bonds is 3. The molecule has 1 aromatic rings. The topological polar surface area (TPSA) is 64.4 Å². The molecule has 4 atom stereocenters. The van der Waals surface area contributed by atoms with Crippen molar-refractivity contribution in [1.82, 2.24) is 5.32 Å². The fourth-order valence-corrected chi connectivity index (χ4v) is 4.10. The molecule has 1 saturated carbocycles. The third-order valence-electron chi connectivity index (χ3n) is 5.42. The number of benzene rings is 1. The van der Waals surface area contributed by atoms with Gasteiger partial charge in [0, 0.05) is 25.2 Å². The van der Waals surface area contributed by atoms with Crippen molar-refractivity contribution in [2.24, 2.45) is 17.6 Å². The van der Waals surface area contributed by atoms with Crippen LogP contribution < -0.4 is 11.1 Å². The number of fused-ring (bicyclic) bond motifs is 3. The Morgan fingerprint density at radius 3 is 2.86 bits per heavy atom. The molecule has 2 aliphatic carbocycles. The second kappa shape index (κ2) is 5.11. The Balaban J connectivity index is 1.37. The molecule has 112 valence electrons. The van der Waals surface area contributed by atoms with Crippen molar-refractivity contribution in [3.63, 3.8) is 0 Å². The quantitative estimate of drug-likeness (QED) is 0.877. The Labute approximate surface area is 125 Å². The fraction of sp³-hybridized carbons (Fsp3) is 0.588. The molecule has 1 saturated heterocycles. The highest BCUT2D eigenvalue weighted by atomic mass is 16.5. The van der Waals surface area contributed by atoms with E-state index < -0.39 is 0 Å². The van der Waals surface area contributed by atoms with Crippen LogP contribution in [-0.4, -0.2) is 31.2 Å². The van der Waals surface area contributed by atoms with Crippen LogP contribution in [0.5, 0.6) is 0 Å². The molecular formula is C17H22N2O2. The highest BCUT2D eigenvalue weighted by Crippen LogP contribution is 2.56. The summed E-state index contributed by atoms with van der Waals surface area (Å²) in [6.07, 6.45) is 2.89. The highest BCUT2D eigenvalue weighted by molar-refractivity contribution is 5.83. The number of carbonyl (C=O) groups excluding carboxylic acids is 1. The van der Waals surface area contributed by atoms with Gasteiger partial charge in [-0.3, -0.25) is 4.79 Å².